The van der Waals surface area contributed by atoms with Gasteiger partial charge in [0.25, 0.3) is 0 Å². The largest absolute Gasteiger partial charge is 0.491 e. The lowest BCUT2D eigenvalue weighted by Gasteiger charge is -2.05. The molecule has 0 aromatic heterocycles. The van der Waals surface area contributed by atoms with E-state index in [1.165, 1.54) is 6.07 Å². The van der Waals surface area contributed by atoms with Gasteiger partial charge in [-0.3, -0.25) is 0 Å². The monoisotopic (exact) mass is 192 g/mol. The van der Waals surface area contributed by atoms with Crippen LogP contribution in [0.4, 0.5) is 4.39 Å². The minimum absolute atomic E-state index is 0.313. The van der Waals surface area contributed by atoms with Crippen molar-refractivity contribution in [3.05, 3.63) is 30.1 Å². The summed E-state index contributed by atoms with van der Waals surface area (Å²) in [6.45, 7) is 0.516. The SMILES string of the molecule is C#CCCCCOc1ccccc1F. The first-order valence-electron chi connectivity index (χ1n) is 4.65. The van der Waals surface area contributed by atoms with Crippen molar-refractivity contribution < 1.29 is 9.13 Å². The molecule has 0 fully saturated rings. The first kappa shape index (κ1) is 10.6. The van der Waals surface area contributed by atoms with Crippen LogP contribution in [0.2, 0.25) is 0 Å². The van der Waals surface area contributed by atoms with Crippen LogP contribution >= 0.6 is 0 Å². The van der Waals surface area contributed by atoms with Gasteiger partial charge in [0.05, 0.1) is 6.61 Å². The summed E-state index contributed by atoms with van der Waals surface area (Å²) in [4.78, 5) is 0. The highest BCUT2D eigenvalue weighted by atomic mass is 19.1. The first-order valence-corrected chi connectivity index (χ1v) is 4.65. The topological polar surface area (TPSA) is 9.23 Å². The number of unbranched alkanes of at least 4 members (excludes halogenated alkanes) is 2. The summed E-state index contributed by atoms with van der Waals surface area (Å²) in [7, 11) is 0. The molecule has 0 N–H and O–H groups in total. The van der Waals surface area contributed by atoms with E-state index in [2.05, 4.69) is 5.92 Å². The number of halogens is 1. The lowest BCUT2D eigenvalue weighted by atomic mass is 10.2. The molecular formula is C12H13FO. The summed E-state index contributed by atoms with van der Waals surface area (Å²) in [6, 6.07) is 6.40. The Balaban J connectivity index is 2.25. The molecule has 74 valence electrons. The van der Waals surface area contributed by atoms with Crippen molar-refractivity contribution in [2.24, 2.45) is 0 Å². The molecule has 0 unspecified atom stereocenters. The van der Waals surface area contributed by atoms with Crippen LogP contribution in [0, 0.1) is 18.2 Å². The van der Waals surface area contributed by atoms with Crippen LogP contribution in [0.3, 0.4) is 0 Å². The number of rotatable bonds is 5. The van der Waals surface area contributed by atoms with E-state index in [1.54, 1.807) is 18.2 Å². The van der Waals surface area contributed by atoms with Gasteiger partial charge in [-0.2, -0.15) is 0 Å². The third-order valence-electron chi connectivity index (χ3n) is 1.81. The van der Waals surface area contributed by atoms with Gasteiger partial charge < -0.3 is 4.74 Å². The maximum Gasteiger partial charge on any atom is 0.165 e. The van der Waals surface area contributed by atoms with Crippen molar-refractivity contribution in [1.82, 2.24) is 0 Å². The van der Waals surface area contributed by atoms with Crippen molar-refractivity contribution >= 4 is 0 Å². The maximum absolute atomic E-state index is 13.0. The smallest absolute Gasteiger partial charge is 0.165 e. The molecule has 1 rings (SSSR count). The van der Waals surface area contributed by atoms with Gasteiger partial charge in [-0.25, -0.2) is 4.39 Å². The lowest BCUT2D eigenvalue weighted by Crippen LogP contribution is -1.98. The Hall–Kier alpha value is -1.49. The Kier molecular flexibility index (Phi) is 4.57. The van der Waals surface area contributed by atoms with E-state index in [1.807, 2.05) is 0 Å². The van der Waals surface area contributed by atoms with Gasteiger partial charge in [-0.05, 0) is 25.0 Å². The molecular weight excluding hydrogens is 179 g/mol. The number of para-hydroxylation sites is 1. The lowest BCUT2D eigenvalue weighted by molar-refractivity contribution is 0.293. The summed E-state index contributed by atoms with van der Waals surface area (Å²) in [6.07, 6.45) is 7.63. The summed E-state index contributed by atoms with van der Waals surface area (Å²) >= 11 is 0. The number of terminal acetylenes is 1. The third kappa shape index (κ3) is 3.49. The van der Waals surface area contributed by atoms with Crippen LogP contribution < -0.4 is 4.74 Å². The zero-order valence-corrected chi connectivity index (χ0v) is 8.00. The summed E-state index contributed by atoms with van der Waals surface area (Å²) in [5.74, 6) is 2.55. The summed E-state index contributed by atoms with van der Waals surface area (Å²) in [5, 5.41) is 0. The average molecular weight is 192 g/mol. The van der Waals surface area contributed by atoms with Gasteiger partial charge in [-0.1, -0.05) is 12.1 Å². The predicted octanol–water partition coefficient (Wildman–Crippen LogP) is 3.01. The summed E-state index contributed by atoms with van der Waals surface area (Å²) < 4.78 is 18.2. The quantitative estimate of drug-likeness (QED) is 0.514. The number of ether oxygens (including phenoxy) is 1. The van der Waals surface area contributed by atoms with Gasteiger partial charge in [0.15, 0.2) is 11.6 Å². The molecule has 1 aromatic carbocycles. The molecule has 0 radical (unpaired) electrons. The number of hydrogen-bond donors (Lipinski definition) is 0. The first-order chi connectivity index (χ1) is 6.84. The highest BCUT2D eigenvalue weighted by Crippen LogP contribution is 2.15. The number of benzene rings is 1. The van der Waals surface area contributed by atoms with Crippen molar-refractivity contribution in [2.45, 2.75) is 19.3 Å². The third-order valence-corrected chi connectivity index (χ3v) is 1.81. The molecule has 0 heterocycles. The fraction of sp³-hybridized carbons (Fsp3) is 0.333. The summed E-state index contributed by atoms with van der Waals surface area (Å²) in [5.41, 5.74) is 0. The van der Waals surface area contributed by atoms with Gasteiger partial charge in [-0.15, -0.1) is 12.3 Å². The van der Waals surface area contributed by atoms with Gasteiger partial charge in [0, 0.05) is 6.42 Å². The molecule has 0 amide bonds. The fourth-order valence-electron chi connectivity index (χ4n) is 1.07. The average Bonchev–Trinajstić information content (AvgIpc) is 2.20. The molecule has 0 saturated carbocycles. The minimum atomic E-state index is -0.315. The normalized spacial score (nSPS) is 9.43. The highest BCUT2D eigenvalue weighted by molar-refractivity contribution is 5.23. The molecule has 0 aliphatic carbocycles. The molecule has 0 aliphatic heterocycles. The Labute approximate surface area is 83.9 Å². The van der Waals surface area contributed by atoms with E-state index in [9.17, 15) is 4.39 Å². The van der Waals surface area contributed by atoms with Crippen LogP contribution in [-0.4, -0.2) is 6.61 Å². The highest BCUT2D eigenvalue weighted by Gasteiger charge is 1.99. The standard InChI is InChI=1S/C12H13FO/c1-2-3-4-7-10-14-12-9-6-5-8-11(12)13/h1,5-6,8-9H,3-4,7,10H2. The van der Waals surface area contributed by atoms with Crippen LogP contribution in [-0.2, 0) is 0 Å². The van der Waals surface area contributed by atoms with Crippen LogP contribution in [0.25, 0.3) is 0 Å². The molecule has 1 nitrogen and oxygen atoms in total. The predicted molar refractivity (Wildman–Crippen MR) is 54.6 cm³/mol. The van der Waals surface area contributed by atoms with E-state index in [0.29, 0.717) is 12.4 Å². The van der Waals surface area contributed by atoms with E-state index < -0.39 is 0 Å². The zero-order valence-electron chi connectivity index (χ0n) is 8.00. The molecule has 1 aromatic rings. The molecule has 0 atom stereocenters. The van der Waals surface area contributed by atoms with E-state index in [4.69, 9.17) is 11.2 Å². The Bertz CT molecular complexity index is 314. The van der Waals surface area contributed by atoms with E-state index in [0.717, 1.165) is 19.3 Å². The van der Waals surface area contributed by atoms with E-state index >= 15 is 0 Å². The van der Waals surface area contributed by atoms with Gasteiger partial charge in [0.1, 0.15) is 0 Å². The molecule has 2 heteroatoms. The second-order valence-corrected chi connectivity index (χ2v) is 2.94. The molecule has 0 spiro atoms. The fourth-order valence-corrected chi connectivity index (χ4v) is 1.07. The van der Waals surface area contributed by atoms with Crippen LogP contribution in [0.5, 0.6) is 5.75 Å². The maximum atomic E-state index is 13.0. The van der Waals surface area contributed by atoms with Crippen molar-refractivity contribution in [3.63, 3.8) is 0 Å². The van der Waals surface area contributed by atoms with E-state index in [-0.39, 0.29) is 5.82 Å². The zero-order chi connectivity index (χ0) is 10.2. The second kappa shape index (κ2) is 6.04. The van der Waals surface area contributed by atoms with Crippen molar-refractivity contribution in [3.8, 4) is 18.1 Å². The Morgan fingerprint density at radius 1 is 1.29 bits per heavy atom. The van der Waals surface area contributed by atoms with Gasteiger partial charge in [0.2, 0.25) is 0 Å². The molecule has 14 heavy (non-hydrogen) atoms. The minimum Gasteiger partial charge on any atom is -0.491 e. The van der Waals surface area contributed by atoms with Crippen molar-refractivity contribution in [1.29, 1.82) is 0 Å². The molecule has 0 aliphatic rings. The molecule has 0 saturated heterocycles. The Morgan fingerprint density at radius 3 is 2.79 bits per heavy atom. The molecule has 0 bridgehead atoms. The van der Waals surface area contributed by atoms with Gasteiger partial charge >= 0.3 is 0 Å². The Morgan fingerprint density at radius 2 is 2.07 bits per heavy atom. The van der Waals surface area contributed by atoms with Crippen LogP contribution in [0.15, 0.2) is 24.3 Å². The van der Waals surface area contributed by atoms with Crippen LogP contribution in [0.1, 0.15) is 19.3 Å². The second-order valence-electron chi connectivity index (χ2n) is 2.94. The number of hydrogen-bond acceptors (Lipinski definition) is 1. The van der Waals surface area contributed by atoms with Crippen molar-refractivity contribution in [2.75, 3.05) is 6.61 Å².